The third-order valence-corrected chi connectivity index (χ3v) is 5.52. The fourth-order valence-electron chi connectivity index (χ4n) is 4.11. The molecule has 3 rings (SSSR count). The van der Waals surface area contributed by atoms with Gasteiger partial charge in [-0.1, -0.05) is 24.3 Å². The fourth-order valence-corrected chi connectivity index (χ4v) is 4.11. The third-order valence-electron chi connectivity index (χ3n) is 5.52. The van der Waals surface area contributed by atoms with Crippen molar-refractivity contribution in [1.29, 1.82) is 0 Å². The number of nitrogens with two attached hydrogens (primary N) is 1. The molecule has 1 aliphatic heterocycles. The molecule has 0 spiro atoms. The number of nitrogens with one attached hydrogen (secondary N) is 1. The van der Waals surface area contributed by atoms with Crippen LogP contribution in [0.5, 0.6) is 0 Å². The van der Waals surface area contributed by atoms with Crippen LogP contribution >= 0.6 is 24.0 Å². The van der Waals surface area contributed by atoms with Crippen molar-refractivity contribution in [2.75, 3.05) is 27.2 Å². The standard InChI is InChI=1S/C23H33N5O2.HI/c1-25-23(28-11-5-7-18(15-28)13-22(24)29)26-14-19-8-3-4-9-20(19)16-27(2)17-21-10-6-12-30-21;/h3-4,6,8-10,12,18H,5,7,11,13-17H2,1-2H3,(H2,24,29)(H,25,26);1H. The smallest absolute Gasteiger partial charge is 0.217 e. The molecular formula is C23H34IN5O2. The molecule has 1 aromatic carbocycles. The molecule has 7 nitrogen and oxygen atoms in total. The topological polar surface area (TPSA) is 87.1 Å². The second-order valence-electron chi connectivity index (χ2n) is 8.05. The van der Waals surface area contributed by atoms with E-state index in [9.17, 15) is 4.79 Å². The maximum atomic E-state index is 11.3. The summed E-state index contributed by atoms with van der Waals surface area (Å²) in [6, 6.07) is 12.4. The average Bonchev–Trinajstić information content (AvgIpc) is 3.22. The molecule has 8 heteroatoms. The molecule has 2 heterocycles. The molecule has 1 amide bonds. The number of hydrogen-bond acceptors (Lipinski definition) is 4. The van der Waals surface area contributed by atoms with Gasteiger partial charge in [0, 0.05) is 39.6 Å². The summed E-state index contributed by atoms with van der Waals surface area (Å²) in [5.74, 6) is 1.92. The van der Waals surface area contributed by atoms with Crippen LogP contribution in [-0.4, -0.2) is 48.9 Å². The van der Waals surface area contributed by atoms with Gasteiger partial charge in [0.25, 0.3) is 0 Å². The van der Waals surface area contributed by atoms with Crippen LogP contribution in [0.2, 0.25) is 0 Å². The number of guanidine groups is 1. The van der Waals surface area contributed by atoms with E-state index in [4.69, 9.17) is 10.2 Å². The minimum atomic E-state index is -0.225. The predicted octanol–water partition coefficient (Wildman–Crippen LogP) is 3.19. The number of primary amides is 1. The van der Waals surface area contributed by atoms with Crippen LogP contribution in [0.3, 0.4) is 0 Å². The van der Waals surface area contributed by atoms with Crippen molar-refractivity contribution >= 4 is 35.8 Å². The highest BCUT2D eigenvalue weighted by Crippen LogP contribution is 2.20. The molecule has 0 saturated carbocycles. The molecule has 0 aliphatic carbocycles. The number of carbonyl (C=O) groups excluding carboxylic acids is 1. The van der Waals surface area contributed by atoms with Crippen molar-refractivity contribution in [3.8, 4) is 0 Å². The first kappa shape index (κ1) is 25.2. The van der Waals surface area contributed by atoms with E-state index in [1.807, 2.05) is 19.2 Å². The molecule has 1 aliphatic rings. The number of likely N-dealkylation sites (tertiary alicyclic amines) is 1. The zero-order valence-corrected chi connectivity index (χ0v) is 20.7. The number of rotatable bonds is 8. The van der Waals surface area contributed by atoms with Crippen molar-refractivity contribution in [1.82, 2.24) is 15.1 Å². The Labute approximate surface area is 202 Å². The number of carbonyl (C=O) groups is 1. The molecule has 3 N–H and O–H groups in total. The van der Waals surface area contributed by atoms with E-state index < -0.39 is 0 Å². The Morgan fingerprint density at radius 2 is 2.03 bits per heavy atom. The van der Waals surface area contributed by atoms with Gasteiger partial charge in [0.2, 0.25) is 5.91 Å². The van der Waals surface area contributed by atoms with Crippen molar-refractivity contribution in [2.24, 2.45) is 16.6 Å². The Kier molecular flexibility index (Phi) is 10.3. The van der Waals surface area contributed by atoms with E-state index in [-0.39, 0.29) is 29.9 Å². The number of hydrogen-bond donors (Lipinski definition) is 2. The number of aliphatic imine (C=N–C) groups is 1. The highest BCUT2D eigenvalue weighted by molar-refractivity contribution is 14.0. The number of furan rings is 1. The number of benzene rings is 1. The predicted molar refractivity (Wildman–Crippen MR) is 134 cm³/mol. The van der Waals surface area contributed by atoms with Gasteiger partial charge in [0.1, 0.15) is 5.76 Å². The van der Waals surface area contributed by atoms with E-state index in [1.165, 1.54) is 11.1 Å². The molecule has 31 heavy (non-hydrogen) atoms. The van der Waals surface area contributed by atoms with Gasteiger partial charge in [-0.2, -0.15) is 0 Å². The Morgan fingerprint density at radius 3 is 2.71 bits per heavy atom. The lowest BCUT2D eigenvalue weighted by Crippen LogP contribution is -2.47. The Morgan fingerprint density at radius 1 is 1.26 bits per heavy atom. The highest BCUT2D eigenvalue weighted by atomic mass is 127. The van der Waals surface area contributed by atoms with Crippen molar-refractivity contribution in [3.05, 3.63) is 59.5 Å². The summed E-state index contributed by atoms with van der Waals surface area (Å²) in [6.45, 7) is 4.07. The van der Waals surface area contributed by atoms with Crippen LogP contribution in [0.15, 0.2) is 52.1 Å². The summed E-state index contributed by atoms with van der Waals surface area (Å²) in [5.41, 5.74) is 7.92. The van der Waals surface area contributed by atoms with E-state index in [0.717, 1.165) is 50.7 Å². The Balaban J connectivity index is 0.00000341. The minimum absolute atomic E-state index is 0. The normalized spacial score (nSPS) is 16.8. The van der Waals surface area contributed by atoms with Gasteiger partial charge in [-0.05, 0) is 49.1 Å². The molecule has 1 unspecified atom stereocenters. The van der Waals surface area contributed by atoms with Gasteiger partial charge < -0.3 is 20.4 Å². The fraction of sp³-hybridized carbons (Fsp3) is 0.478. The van der Waals surface area contributed by atoms with Gasteiger partial charge in [0.15, 0.2) is 5.96 Å². The molecule has 1 atom stereocenters. The van der Waals surface area contributed by atoms with Crippen LogP contribution in [0, 0.1) is 5.92 Å². The zero-order valence-electron chi connectivity index (χ0n) is 18.4. The molecule has 1 fully saturated rings. The number of amides is 1. The third kappa shape index (κ3) is 7.84. The SMILES string of the molecule is CN=C(NCc1ccccc1CN(C)Cc1ccco1)N1CCCC(CC(N)=O)C1.I. The Hall–Kier alpha value is -2.07. The number of piperidine rings is 1. The first-order valence-electron chi connectivity index (χ1n) is 10.6. The van der Waals surface area contributed by atoms with Crippen LogP contribution in [0.25, 0.3) is 0 Å². The van der Waals surface area contributed by atoms with Crippen LogP contribution in [0.4, 0.5) is 0 Å². The molecular weight excluding hydrogens is 505 g/mol. The highest BCUT2D eigenvalue weighted by Gasteiger charge is 2.23. The van der Waals surface area contributed by atoms with Crippen molar-refractivity contribution < 1.29 is 9.21 Å². The lowest BCUT2D eigenvalue weighted by molar-refractivity contribution is -0.119. The zero-order chi connectivity index (χ0) is 21.3. The number of nitrogens with zero attached hydrogens (tertiary/aromatic N) is 3. The van der Waals surface area contributed by atoms with Gasteiger partial charge in [-0.15, -0.1) is 24.0 Å². The lowest BCUT2D eigenvalue weighted by Gasteiger charge is -2.34. The first-order valence-corrected chi connectivity index (χ1v) is 10.6. The molecule has 0 radical (unpaired) electrons. The van der Waals surface area contributed by atoms with Crippen molar-refractivity contribution in [2.45, 2.75) is 38.9 Å². The van der Waals surface area contributed by atoms with E-state index >= 15 is 0 Å². The quantitative estimate of drug-likeness (QED) is 0.306. The van der Waals surface area contributed by atoms with Crippen molar-refractivity contribution in [3.63, 3.8) is 0 Å². The second kappa shape index (κ2) is 12.7. The summed E-state index contributed by atoms with van der Waals surface area (Å²) in [4.78, 5) is 20.3. The maximum absolute atomic E-state index is 11.3. The average molecular weight is 539 g/mol. The molecule has 1 saturated heterocycles. The van der Waals surface area contributed by atoms with Gasteiger partial charge in [-0.3, -0.25) is 14.7 Å². The van der Waals surface area contributed by atoms with E-state index in [2.05, 4.69) is 51.4 Å². The largest absolute Gasteiger partial charge is 0.468 e. The summed E-state index contributed by atoms with van der Waals surface area (Å²) in [7, 11) is 3.90. The summed E-state index contributed by atoms with van der Waals surface area (Å²) >= 11 is 0. The number of halogens is 1. The maximum Gasteiger partial charge on any atom is 0.217 e. The second-order valence-corrected chi connectivity index (χ2v) is 8.05. The monoisotopic (exact) mass is 539 g/mol. The molecule has 0 bridgehead atoms. The lowest BCUT2D eigenvalue weighted by atomic mass is 9.95. The molecule has 1 aromatic heterocycles. The van der Waals surface area contributed by atoms with Crippen LogP contribution in [0.1, 0.15) is 36.1 Å². The Bertz CT molecular complexity index is 840. The summed E-state index contributed by atoms with van der Waals surface area (Å²) in [5, 5.41) is 3.51. The first-order chi connectivity index (χ1) is 14.5. The van der Waals surface area contributed by atoms with Gasteiger partial charge in [-0.25, -0.2) is 0 Å². The van der Waals surface area contributed by atoms with E-state index in [1.54, 1.807) is 6.26 Å². The van der Waals surface area contributed by atoms with Gasteiger partial charge in [0.05, 0.1) is 12.8 Å². The summed E-state index contributed by atoms with van der Waals surface area (Å²) < 4.78 is 5.46. The minimum Gasteiger partial charge on any atom is -0.468 e. The van der Waals surface area contributed by atoms with Crippen LogP contribution < -0.4 is 11.1 Å². The van der Waals surface area contributed by atoms with Crippen LogP contribution in [-0.2, 0) is 24.4 Å². The van der Waals surface area contributed by atoms with E-state index in [0.29, 0.717) is 18.9 Å². The van der Waals surface area contributed by atoms with Gasteiger partial charge >= 0.3 is 0 Å². The molecule has 2 aromatic rings. The summed E-state index contributed by atoms with van der Waals surface area (Å²) in [6.07, 6.45) is 4.24. The molecule has 170 valence electrons.